The molecular weight excluding hydrogens is 481 g/mol. The second-order valence-electron chi connectivity index (χ2n) is 7.01. The number of hydrogen-bond donors (Lipinski definition) is 0. The first-order valence-corrected chi connectivity index (χ1v) is 11.4. The second-order valence-corrected chi connectivity index (χ2v) is 8.87. The smallest absolute Gasteiger partial charge is 0.291 e. The molecule has 0 N–H and O–H groups in total. The fraction of sp³-hybridized carbons (Fsp3) is 0.0417. The van der Waals surface area contributed by atoms with Gasteiger partial charge in [0, 0.05) is 16.7 Å². The van der Waals surface area contributed by atoms with Gasteiger partial charge in [0.05, 0.1) is 12.1 Å². The Hall–Kier alpha value is -3.39. The number of aromatic nitrogens is 3. The van der Waals surface area contributed by atoms with Crippen molar-refractivity contribution in [3.63, 3.8) is 0 Å². The molecule has 0 fully saturated rings. The molecular formula is C24H15Cl2N3O3S. The summed E-state index contributed by atoms with van der Waals surface area (Å²) < 4.78 is 12.8. The van der Waals surface area contributed by atoms with Crippen molar-refractivity contribution in [3.05, 3.63) is 96.7 Å². The minimum absolute atomic E-state index is 0.259. The summed E-state index contributed by atoms with van der Waals surface area (Å²) in [6.07, 6.45) is 5.30. The van der Waals surface area contributed by atoms with Crippen LogP contribution in [0.2, 0.25) is 10.0 Å². The molecule has 0 aliphatic rings. The van der Waals surface area contributed by atoms with Gasteiger partial charge >= 0.3 is 0 Å². The van der Waals surface area contributed by atoms with E-state index in [9.17, 15) is 4.79 Å². The van der Waals surface area contributed by atoms with Crippen LogP contribution >= 0.6 is 34.5 Å². The van der Waals surface area contributed by atoms with E-state index in [-0.39, 0.29) is 5.56 Å². The number of fused-ring (bicyclic) bond motifs is 1. The molecule has 0 saturated heterocycles. The van der Waals surface area contributed by atoms with Crippen molar-refractivity contribution in [2.75, 3.05) is 7.11 Å². The molecule has 3 heterocycles. The first-order chi connectivity index (χ1) is 16.0. The molecule has 3 aromatic heterocycles. The van der Waals surface area contributed by atoms with Gasteiger partial charge in [0.2, 0.25) is 4.96 Å². The molecule has 0 bridgehead atoms. The average molecular weight is 496 g/mol. The zero-order valence-corrected chi connectivity index (χ0v) is 19.5. The molecule has 6 nitrogen and oxygen atoms in total. The van der Waals surface area contributed by atoms with E-state index in [1.54, 1.807) is 49.6 Å². The van der Waals surface area contributed by atoms with E-state index in [0.717, 1.165) is 11.3 Å². The van der Waals surface area contributed by atoms with Gasteiger partial charge in [0.25, 0.3) is 5.56 Å². The van der Waals surface area contributed by atoms with Gasteiger partial charge < -0.3 is 9.15 Å². The molecule has 0 saturated carbocycles. The van der Waals surface area contributed by atoms with Gasteiger partial charge in [0.15, 0.2) is 5.82 Å². The predicted molar refractivity (Wildman–Crippen MR) is 132 cm³/mol. The first-order valence-electron chi connectivity index (χ1n) is 9.79. The highest BCUT2D eigenvalue weighted by molar-refractivity contribution is 7.15. The molecule has 164 valence electrons. The fourth-order valence-corrected chi connectivity index (χ4v) is 4.47. The Morgan fingerprint density at radius 1 is 1.06 bits per heavy atom. The van der Waals surface area contributed by atoms with Crippen LogP contribution in [0.25, 0.3) is 34.5 Å². The Bertz CT molecular complexity index is 1600. The van der Waals surface area contributed by atoms with Crippen LogP contribution in [0, 0.1) is 0 Å². The zero-order valence-electron chi connectivity index (χ0n) is 17.2. The van der Waals surface area contributed by atoms with Crippen molar-refractivity contribution in [1.29, 1.82) is 0 Å². The minimum Gasteiger partial charge on any atom is -0.497 e. The second kappa shape index (κ2) is 8.86. The number of ether oxygens (including phenoxy) is 1. The zero-order chi connectivity index (χ0) is 22.9. The van der Waals surface area contributed by atoms with E-state index in [1.165, 1.54) is 15.9 Å². The van der Waals surface area contributed by atoms with Crippen LogP contribution in [-0.4, -0.2) is 21.7 Å². The van der Waals surface area contributed by atoms with E-state index >= 15 is 0 Å². The number of methoxy groups -OCH3 is 1. The Labute approximate surface area is 202 Å². The molecule has 0 atom stereocenters. The Balaban J connectivity index is 1.42. The maximum Gasteiger partial charge on any atom is 0.291 e. The van der Waals surface area contributed by atoms with E-state index in [0.29, 0.717) is 42.4 Å². The number of rotatable bonds is 5. The SMILES string of the molecule is COc1ccc(/C=C/c2nc3s/c(=C\c4ccc(-c5cc(Cl)ccc5Cl)o4)c(=O)n3n2)cc1. The Kier molecular flexibility index (Phi) is 5.76. The minimum atomic E-state index is -0.259. The molecule has 0 amide bonds. The van der Waals surface area contributed by atoms with Crippen LogP contribution < -0.4 is 14.8 Å². The van der Waals surface area contributed by atoms with Gasteiger partial charge in [-0.05, 0) is 54.1 Å². The largest absolute Gasteiger partial charge is 0.497 e. The van der Waals surface area contributed by atoms with Gasteiger partial charge in [0.1, 0.15) is 21.8 Å². The van der Waals surface area contributed by atoms with Gasteiger partial charge in [-0.3, -0.25) is 4.79 Å². The molecule has 0 aliphatic heterocycles. The van der Waals surface area contributed by atoms with Crippen molar-refractivity contribution in [2.45, 2.75) is 0 Å². The molecule has 5 aromatic rings. The lowest BCUT2D eigenvalue weighted by atomic mass is 10.2. The summed E-state index contributed by atoms with van der Waals surface area (Å²) in [6, 6.07) is 16.3. The van der Waals surface area contributed by atoms with Crippen LogP contribution in [0.3, 0.4) is 0 Å². The van der Waals surface area contributed by atoms with Crippen LogP contribution in [0.4, 0.5) is 0 Å². The highest BCUT2D eigenvalue weighted by atomic mass is 35.5. The maximum absolute atomic E-state index is 12.8. The lowest BCUT2D eigenvalue weighted by Crippen LogP contribution is -2.23. The molecule has 0 aliphatic carbocycles. The van der Waals surface area contributed by atoms with Crippen molar-refractivity contribution >= 4 is 57.7 Å². The topological polar surface area (TPSA) is 69.6 Å². The number of furan rings is 1. The van der Waals surface area contributed by atoms with E-state index < -0.39 is 0 Å². The molecule has 0 spiro atoms. The lowest BCUT2D eigenvalue weighted by molar-refractivity contribution is 0.415. The van der Waals surface area contributed by atoms with Crippen molar-refractivity contribution in [3.8, 4) is 17.1 Å². The third-order valence-corrected chi connectivity index (χ3v) is 6.36. The molecule has 0 unspecified atom stereocenters. The molecule has 2 aromatic carbocycles. The normalized spacial score (nSPS) is 12.3. The van der Waals surface area contributed by atoms with Crippen LogP contribution in [0.5, 0.6) is 5.75 Å². The molecule has 0 radical (unpaired) electrons. The summed E-state index contributed by atoms with van der Waals surface area (Å²) in [7, 11) is 1.62. The number of halogens is 2. The Morgan fingerprint density at radius 2 is 1.88 bits per heavy atom. The van der Waals surface area contributed by atoms with E-state index in [2.05, 4.69) is 10.1 Å². The first kappa shape index (κ1) is 21.5. The maximum atomic E-state index is 12.8. The number of hydrogen-bond acceptors (Lipinski definition) is 6. The quantitative estimate of drug-likeness (QED) is 0.324. The summed E-state index contributed by atoms with van der Waals surface area (Å²) in [4.78, 5) is 17.7. The fourth-order valence-electron chi connectivity index (χ4n) is 3.20. The predicted octanol–water partition coefficient (Wildman–Crippen LogP) is 5.44. The Morgan fingerprint density at radius 3 is 2.64 bits per heavy atom. The molecule has 9 heteroatoms. The third kappa shape index (κ3) is 4.43. The third-order valence-electron chi connectivity index (χ3n) is 4.83. The van der Waals surface area contributed by atoms with Gasteiger partial charge in [-0.1, -0.05) is 52.7 Å². The highest BCUT2D eigenvalue weighted by Crippen LogP contribution is 2.31. The van der Waals surface area contributed by atoms with Crippen molar-refractivity contribution in [2.24, 2.45) is 0 Å². The highest BCUT2D eigenvalue weighted by Gasteiger charge is 2.11. The monoisotopic (exact) mass is 495 g/mol. The summed E-state index contributed by atoms with van der Waals surface area (Å²) in [5, 5.41) is 5.39. The number of thiazole rings is 1. The number of benzene rings is 2. The van der Waals surface area contributed by atoms with Gasteiger partial charge in [-0.15, -0.1) is 5.10 Å². The van der Waals surface area contributed by atoms with Crippen LogP contribution in [-0.2, 0) is 0 Å². The van der Waals surface area contributed by atoms with Crippen LogP contribution in [0.1, 0.15) is 17.1 Å². The molecule has 5 rings (SSSR count). The summed E-state index contributed by atoms with van der Waals surface area (Å²) in [5.41, 5.74) is 1.39. The standard InChI is InChI=1S/C24H15Cl2N3O3S/c1-31-16-6-2-14(3-7-16)4-11-22-27-24-29(28-22)23(30)21(33-24)13-17-8-10-20(32-17)18-12-15(25)5-9-19(18)26/h2-13H,1H3/b11-4+,21-13-. The van der Waals surface area contributed by atoms with Crippen molar-refractivity contribution in [1.82, 2.24) is 14.6 Å². The molecule has 33 heavy (non-hydrogen) atoms. The summed E-state index contributed by atoms with van der Waals surface area (Å²) in [6.45, 7) is 0. The van der Waals surface area contributed by atoms with Crippen LogP contribution in [0.15, 0.2) is 63.8 Å². The van der Waals surface area contributed by atoms with Crippen molar-refractivity contribution < 1.29 is 9.15 Å². The number of nitrogens with zero attached hydrogens (tertiary/aromatic N) is 3. The summed E-state index contributed by atoms with van der Waals surface area (Å²) >= 11 is 13.6. The van der Waals surface area contributed by atoms with E-state index in [4.69, 9.17) is 32.4 Å². The van der Waals surface area contributed by atoms with Gasteiger partial charge in [-0.2, -0.15) is 9.50 Å². The van der Waals surface area contributed by atoms with Gasteiger partial charge in [-0.25, -0.2) is 0 Å². The average Bonchev–Trinajstić information content (AvgIpc) is 3.52. The summed E-state index contributed by atoms with van der Waals surface area (Å²) in [5.74, 6) is 2.32. The lowest BCUT2D eigenvalue weighted by Gasteiger charge is -2.00. The van der Waals surface area contributed by atoms with E-state index in [1.807, 2.05) is 30.3 Å².